The fraction of sp³-hybridized carbons (Fsp3) is 0.462. The zero-order chi connectivity index (χ0) is 22.7. The molecule has 1 amide bonds. The maximum absolute atomic E-state index is 13.5. The first kappa shape index (κ1) is 22.5. The Morgan fingerprint density at radius 2 is 1.81 bits per heavy atom. The van der Waals surface area contributed by atoms with Crippen molar-refractivity contribution in [2.24, 2.45) is 5.10 Å². The molecule has 2 aromatic carbocycles. The lowest BCUT2D eigenvalue weighted by Crippen LogP contribution is -2.49. The highest BCUT2D eigenvalue weighted by Gasteiger charge is 2.35. The highest BCUT2D eigenvalue weighted by Crippen LogP contribution is 2.35. The molecule has 0 N–H and O–H groups in total. The molecule has 0 aromatic heterocycles. The Hall–Kier alpha value is -2.70. The molecule has 2 aliphatic rings. The van der Waals surface area contributed by atoms with Crippen LogP contribution in [-0.2, 0) is 4.79 Å². The molecule has 2 aromatic rings. The average Bonchev–Trinajstić information content (AvgIpc) is 3.27. The topological polar surface area (TPSA) is 48.4 Å². The Labute approximate surface area is 191 Å². The second-order valence-corrected chi connectivity index (χ2v) is 8.81. The van der Waals surface area contributed by atoms with Gasteiger partial charge in [-0.05, 0) is 43.7 Å². The van der Waals surface area contributed by atoms with Gasteiger partial charge < -0.3 is 9.64 Å². The van der Waals surface area contributed by atoms with Gasteiger partial charge in [-0.15, -0.1) is 0 Å². The van der Waals surface area contributed by atoms with Crippen molar-refractivity contribution in [2.45, 2.75) is 33.2 Å². The summed E-state index contributed by atoms with van der Waals surface area (Å²) in [4.78, 5) is 18.2. The first-order valence-electron chi connectivity index (χ1n) is 11.5. The number of aryl methyl sites for hydroxylation is 2. The first-order chi connectivity index (χ1) is 15.5. The van der Waals surface area contributed by atoms with Gasteiger partial charge >= 0.3 is 0 Å². The molecular formula is C26H34N4O2. The minimum atomic E-state index is -0.0828. The molecule has 6 nitrogen and oxygen atoms in total. The van der Waals surface area contributed by atoms with E-state index in [0.717, 1.165) is 49.7 Å². The molecule has 2 aliphatic heterocycles. The molecule has 0 saturated carbocycles. The Morgan fingerprint density at radius 3 is 2.53 bits per heavy atom. The van der Waals surface area contributed by atoms with Gasteiger partial charge in [0.1, 0.15) is 5.75 Å². The van der Waals surface area contributed by atoms with E-state index in [-0.39, 0.29) is 11.9 Å². The summed E-state index contributed by atoms with van der Waals surface area (Å²) in [6.07, 6.45) is 0.701. The second kappa shape index (κ2) is 9.84. The number of amides is 1. The monoisotopic (exact) mass is 434 g/mol. The molecule has 170 valence electrons. The molecular weight excluding hydrogens is 400 g/mol. The molecule has 6 heteroatoms. The Kier molecular flexibility index (Phi) is 6.92. The highest BCUT2D eigenvalue weighted by atomic mass is 16.5. The van der Waals surface area contributed by atoms with Crippen LogP contribution in [0, 0.1) is 13.8 Å². The molecule has 2 heterocycles. The van der Waals surface area contributed by atoms with Crippen LogP contribution in [0.1, 0.15) is 41.6 Å². The molecule has 0 bridgehead atoms. The fourth-order valence-electron chi connectivity index (χ4n) is 4.61. The smallest absolute Gasteiger partial charge is 0.257 e. The third kappa shape index (κ3) is 4.87. The molecule has 4 rings (SSSR count). The summed E-state index contributed by atoms with van der Waals surface area (Å²) >= 11 is 0. The van der Waals surface area contributed by atoms with Crippen LogP contribution in [0.4, 0.5) is 0 Å². The number of benzene rings is 2. The van der Waals surface area contributed by atoms with E-state index in [4.69, 9.17) is 9.84 Å². The van der Waals surface area contributed by atoms with Gasteiger partial charge in [0.15, 0.2) is 0 Å². The summed E-state index contributed by atoms with van der Waals surface area (Å²) in [6, 6.07) is 14.3. The lowest BCUT2D eigenvalue weighted by Gasteiger charge is -2.34. The highest BCUT2D eigenvalue weighted by molar-refractivity contribution is 6.03. The largest absolute Gasteiger partial charge is 0.497 e. The number of hydrogen-bond donors (Lipinski definition) is 0. The predicted molar refractivity (Wildman–Crippen MR) is 128 cm³/mol. The van der Waals surface area contributed by atoms with Gasteiger partial charge in [0.05, 0.1) is 25.4 Å². The van der Waals surface area contributed by atoms with Crippen LogP contribution in [0.5, 0.6) is 5.75 Å². The number of likely N-dealkylation sites (N-methyl/N-ethyl adjacent to an activating group) is 1. The maximum Gasteiger partial charge on any atom is 0.257 e. The van der Waals surface area contributed by atoms with Gasteiger partial charge in [-0.3, -0.25) is 9.69 Å². The number of nitrogens with zero attached hydrogens (tertiary/aromatic N) is 4. The molecule has 1 fully saturated rings. The van der Waals surface area contributed by atoms with Crippen LogP contribution in [0.2, 0.25) is 0 Å². The van der Waals surface area contributed by atoms with Crippen LogP contribution < -0.4 is 4.74 Å². The first-order valence-corrected chi connectivity index (χ1v) is 11.5. The standard InChI is InChI=1S/C26H34N4O2/c1-5-28-11-13-29(14-12-28)18-26(31)30-25(23-15-19(2)9-10-20(23)3)17-24(27-30)21-7-6-8-22(16-21)32-4/h6-10,15-16,25H,5,11-14,17-18H2,1-4H3/t25-/m0/s1. The van der Waals surface area contributed by atoms with Crippen molar-refractivity contribution >= 4 is 11.6 Å². The molecule has 0 spiro atoms. The molecule has 1 saturated heterocycles. The van der Waals surface area contributed by atoms with Crippen LogP contribution in [-0.4, -0.2) is 72.8 Å². The molecule has 1 atom stereocenters. The van der Waals surface area contributed by atoms with E-state index in [1.165, 1.54) is 16.7 Å². The molecule has 0 unspecified atom stereocenters. The maximum atomic E-state index is 13.5. The van der Waals surface area contributed by atoms with Crippen molar-refractivity contribution in [3.8, 4) is 5.75 Å². The van der Waals surface area contributed by atoms with Crippen molar-refractivity contribution in [2.75, 3.05) is 46.4 Å². The zero-order valence-corrected chi connectivity index (χ0v) is 19.7. The lowest BCUT2D eigenvalue weighted by molar-refractivity contribution is -0.134. The second-order valence-electron chi connectivity index (χ2n) is 8.81. The van der Waals surface area contributed by atoms with E-state index >= 15 is 0 Å². The van der Waals surface area contributed by atoms with E-state index in [2.05, 4.69) is 48.8 Å². The van der Waals surface area contributed by atoms with Gasteiger partial charge in [-0.2, -0.15) is 5.10 Å². The van der Waals surface area contributed by atoms with Crippen molar-refractivity contribution < 1.29 is 9.53 Å². The fourth-order valence-corrected chi connectivity index (χ4v) is 4.61. The van der Waals surface area contributed by atoms with Crippen LogP contribution in [0.3, 0.4) is 0 Å². The summed E-state index contributed by atoms with van der Waals surface area (Å²) in [5.74, 6) is 0.866. The van der Waals surface area contributed by atoms with E-state index < -0.39 is 0 Å². The number of methoxy groups -OCH3 is 1. The van der Waals surface area contributed by atoms with Crippen molar-refractivity contribution in [1.29, 1.82) is 0 Å². The Morgan fingerprint density at radius 1 is 1.06 bits per heavy atom. The van der Waals surface area contributed by atoms with Gasteiger partial charge in [-0.25, -0.2) is 5.01 Å². The van der Waals surface area contributed by atoms with Crippen LogP contribution in [0.25, 0.3) is 0 Å². The molecule has 0 radical (unpaired) electrons. The number of rotatable bonds is 6. The number of piperazine rings is 1. The minimum absolute atomic E-state index is 0.0683. The number of carbonyl (C=O) groups is 1. The quantitative estimate of drug-likeness (QED) is 0.697. The average molecular weight is 435 g/mol. The summed E-state index contributed by atoms with van der Waals surface area (Å²) in [5, 5.41) is 6.61. The van der Waals surface area contributed by atoms with Gasteiger partial charge in [0.2, 0.25) is 0 Å². The lowest BCUT2D eigenvalue weighted by atomic mass is 9.94. The van der Waals surface area contributed by atoms with Gasteiger partial charge in [-0.1, -0.05) is 42.8 Å². The van der Waals surface area contributed by atoms with Crippen molar-refractivity contribution in [1.82, 2.24) is 14.8 Å². The number of carbonyl (C=O) groups excluding carboxylic acids is 1. The van der Waals surface area contributed by atoms with Crippen molar-refractivity contribution in [3.63, 3.8) is 0 Å². The minimum Gasteiger partial charge on any atom is -0.497 e. The van der Waals surface area contributed by atoms with Crippen molar-refractivity contribution in [3.05, 3.63) is 64.7 Å². The summed E-state index contributed by atoms with van der Waals surface area (Å²) in [5.41, 5.74) is 5.50. The van der Waals surface area contributed by atoms with Gasteiger partial charge in [0, 0.05) is 38.2 Å². The summed E-state index contributed by atoms with van der Waals surface area (Å²) in [7, 11) is 1.67. The zero-order valence-electron chi connectivity index (χ0n) is 19.7. The number of hydrazone groups is 1. The van der Waals surface area contributed by atoms with E-state index in [1.807, 2.05) is 24.3 Å². The number of hydrogen-bond acceptors (Lipinski definition) is 5. The van der Waals surface area contributed by atoms with Crippen LogP contribution >= 0.6 is 0 Å². The SMILES string of the molecule is CCN1CCN(CC(=O)N2N=C(c3cccc(OC)c3)C[C@H]2c2cc(C)ccc2C)CC1. The summed E-state index contributed by atoms with van der Waals surface area (Å²) < 4.78 is 5.41. The molecule has 32 heavy (non-hydrogen) atoms. The van der Waals surface area contributed by atoms with E-state index in [9.17, 15) is 4.79 Å². The third-order valence-corrected chi connectivity index (χ3v) is 6.63. The van der Waals surface area contributed by atoms with E-state index in [1.54, 1.807) is 12.1 Å². The van der Waals surface area contributed by atoms with Gasteiger partial charge in [0.25, 0.3) is 5.91 Å². The normalized spacial score (nSPS) is 19.8. The molecule has 0 aliphatic carbocycles. The Balaban J connectivity index is 1.60. The third-order valence-electron chi connectivity index (χ3n) is 6.63. The van der Waals surface area contributed by atoms with Crippen LogP contribution in [0.15, 0.2) is 47.6 Å². The summed E-state index contributed by atoms with van der Waals surface area (Å²) in [6.45, 7) is 11.8. The Bertz CT molecular complexity index is 995. The van der Waals surface area contributed by atoms with E-state index in [0.29, 0.717) is 13.0 Å². The number of ether oxygens (including phenoxy) is 1. The predicted octanol–water partition coefficient (Wildman–Crippen LogP) is 3.63.